The van der Waals surface area contributed by atoms with E-state index in [-0.39, 0.29) is 28.9 Å². The molecule has 0 spiro atoms. The van der Waals surface area contributed by atoms with E-state index >= 15 is 0 Å². The largest absolute Gasteiger partial charge is 0.419 e. The third-order valence-electron chi connectivity index (χ3n) is 3.42. The Morgan fingerprint density at radius 2 is 1.79 bits per heavy atom. The van der Waals surface area contributed by atoms with Crippen LogP contribution in [0.3, 0.4) is 0 Å². The number of nitrogens with zero attached hydrogens (tertiary/aromatic N) is 1. The van der Waals surface area contributed by atoms with Crippen molar-refractivity contribution in [3.05, 3.63) is 62.0 Å². The average molecular weight is 386 g/mol. The van der Waals surface area contributed by atoms with Gasteiger partial charge in [-0.05, 0) is 24.3 Å². The number of amides is 1. The Labute approximate surface area is 151 Å². The topological polar surface area (TPSA) is 64.2 Å². The number of rotatable bonds is 4. The lowest BCUT2D eigenvalue weighted by molar-refractivity contribution is -0.116. The van der Waals surface area contributed by atoms with Crippen molar-refractivity contribution in [1.29, 1.82) is 0 Å². The Hall–Kier alpha value is -1.95. The van der Waals surface area contributed by atoms with E-state index < -0.39 is 5.76 Å². The van der Waals surface area contributed by atoms with Crippen LogP contribution in [0.5, 0.6) is 0 Å². The summed E-state index contributed by atoms with van der Waals surface area (Å²) >= 11 is 17.8. The van der Waals surface area contributed by atoms with E-state index in [0.29, 0.717) is 21.8 Å². The molecule has 3 rings (SSSR count). The first-order chi connectivity index (χ1) is 11.5. The molecule has 0 saturated carbocycles. The smallest absolute Gasteiger partial charge is 0.408 e. The zero-order valence-electron chi connectivity index (χ0n) is 12.2. The van der Waals surface area contributed by atoms with Crippen molar-refractivity contribution >= 4 is 57.5 Å². The fraction of sp³-hybridized carbons (Fsp3) is 0.125. The number of fused-ring (bicyclic) bond motifs is 1. The minimum atomic E-state index is -0.503. The summed E-state index contributed by atoms with van der Waals surface area (Å²) in [5.74, 6) is -0.816. The SMILES string of the molecule is O=C(CCn1c(=O)oc2ccccc21)Nc1cc(Cl)c(Cl)cc1Cl. The van der Waals surface area contributed by atoms with E-state index in [4.69, 9.17) is 39.2 Å². The van der Waals surface area contributed by atoms with Gasteiger partial charge in [-0.1, -0.05) is 46.9 Å². The van der Waals surface area contributed by atoms with Gasteiger partial charge in [0, 0.05) is 13.0 Å². The number of hydrogen-bond acceptors (Lipinski definition) is 3. The minimum absolute atomic E-state index is 0.0695. The molecule has 8 heteroatoms. The quantitative estimate of drug-likeness (QED) is 0.668. The molecule has 0 fully saturated rings. The van der Waals surface area contributed by atoms with Crippen LogP contribution in [0.4, 0.5) is 5.69 Å². The Morgan fingerprint density at radius 1 is 1.08 bits per heavy atom. The molecule has 1 amide bonds. The van der Waals surface area contributed by atoms with Gasteiger partial charge < -0.3 is 9.73 Å². The Kier molecular flexibility index (Phi) is 4.85. The highest BCUT2D eigenvalue weighted by molar-refractivity contribution is 6.44. The average Bonchev–Trinajstić information content (AvgIpc) is 2.86. The van der Waals surface area contributed by atoms with Gasteiger partial charge in [0.1, 0.15) is 0 Å². The van der Waals surface area contributed by atoms with E-state index in [0.717, 1.165) is 0 Å². The molecule has 5 nitrogen and oxygen atoms in total. The maximum atomic E-state index is 12.1. The van der Waals surface area contributed by atoms with E-state index in [2.05, 4.69) is 5.32 Å². The second-order valence-electron chi connectivity index (χ2n) is 5.03. The van der Waals surface area contributed by atoms with Crippen molar-refractivity contribution in [3.63, 3.8) is 0 Å². The van der Waals surface area contributed by atoms with Crippen LogP contribution in [-0.2, 0) is 11.3 Å². The van der Waals surface area contributed by atoms with Gasteiger partial charge in [-0.3, -0.25) is 9.36 Å². The number of benzene rings is 2. The third kappa shape index (κ3) is 3.43. The van der Waals surface area contributed by atoms with Gasteiger partial charge in [0.25, 0.3) is 0 Å². The van der Waals surface area contributed by atoms with Crippen LogP contribution in [0.1, 0.15) is 6.42 Å². The van der Waals surface area contributed by atoms with Gasteiger partial charge in [0.05, 0.1) is 26.3 Å². The van der Waals surface area contributed by atoms with Crippen molar-refractivity contribution < 1.29 is 9.21 Å². The molecule has 1 N–H and O–H groups in total. The summed E-state index contributed by atoms with van der Waals surface area (Å²) in [5, 5.41) is 3.52. The number of carbonyl (C=O) groups is 1. The third-order valence-corrected chi connectivity index (χ3v) is 4.46. The fourth-order valence-corrected chi connectivity index (χ4v) is 2.86. The molecule has 1 aromatic heterocycles. The van der Waals surface area contributed by atoms with E-state index in [1.807, 2.05) is 0 Å². The molecule has 0 unspecified atom stereocenters. The van der Waals surface area contributed by atoms with E-state index in [1.165, 1.54) is 16.7 Å². The predicted octanol–water partition coefficient (Wildman–Crippen LogP) is 4.58. The molecule has 0 aliphatic heterocycles. The number of carbonyl (C=O) groups excluding carboxylic acids is 1. The van der Waals surface area contributed by atoms with E-state index in [1.54, 1.807) is 24.3 Å². The molecule has 3 aromatic rings. The van der Waals surface area contributed by atoms with Gasteiger partial charge in [-0.2, -0.15) is 0 Å². The van der Waals surface area contributed by atoms with Crippen LogP contribution < -0.4 is 11.1 Å². The van der Waals surface area contributed by atoms with Gasteiger partial charge in [-0.25, -0.2) is 4.79 Å². The first-order valence-corrected chi connectivity index (χ1v) is 8.12. The molecule has 0 atom stereocenters. The normalized spacial score (nSPS) is 11.0. The second-order valence-corrected chi connectivity index (χ2v) is 6.25. The van der Waals surface area contributed by atoms with Crippen molar-refractivity contribution in [3.8, 4) is 0 Å². The lowest BCUT2D eigenvalue weighted by Crippen LogP contribution is -2.20. The summed E-state index contributed by atoms with van der Waals surface area (Å²) in [6.07, 6.45) is 0.0695. The number of aryl methyl sites for hydroxylation is 1. The van der Waals surface area contributed by atoms with Crippen LogP contribution in [0.15, 0.2) is 45.6 Å². The number of anilines is 1. The summed E-state index contributed by atoms with van der Waals surface area (Å²) in [6, 6.07) is 9.95. The van der Waals surface area contributed by atoms with Crippen LogP contribution in [0.25, 0.3) is 11.1 Å². The number of halogens is 3. The maximum Gasteiger partial charge on any atom is 0.419 e. The molecule has 0 radical (unpaired) electrons. The number of oxazole rings is 1. The van der Waals surface area contributed by atoms with Crippen molar-refractivity contribution in [2.45, 2.75) is 13.0 Å². The summed E-state index contributed by atoms with van der Waals surface area (Å²) < 4.78 is 6.53. The lowest BCUT2D eigenvalue weighted by Gasteiger charge is -2.09. The molecular formula is C16H11Cl3N2O3. The number of aromatic nitrogens is 1. The van der Waals surface area contributed by atoms with Crippen molar-refractivity contribution in [2.75, 3.05) is 5.32 Å². The fourth-order valence-electron chi connectivity index (χ4n) is 2.27. The van der Waals surface area contributed by atoms with Crippen molar-refractivity contribution in [2.24, 2.45) is 0 Å². The predicted molar refractivity (Wildman–Crippen MR) is 95.2 cm³/mol. The Morgan fingerprint density at radius 3 is 2.58 bits per heavy atom. The number of hydrogen-bond donors (Lipinski definition) is 1. The monoisotopic (exact) mass is 384 g/mol. The highest BCUT2D eigenvalue weighted by Gasteiger charge is 2.12. The molecule has 124 valence electrons. The van der Waals surface area contributed by atoms with Crippen LogP contribution >= 0.6 is 34.8 Å². The molecule has 1 heterocycles. The number of para-hydroxylation sites is 2. The Balaban J connectivity index is 1.73. The first kappa shape index (κ1) is 16.9. The summed E-state index contributed by atoms with van der Waals surface area (Å²) in [5.41, 5.74) is 1.48. The summed E-state index contributed by atoms with van der Waals surface area (Å²) in [7, 11) is 0. The standard InChI is InChI=1S/C16H11Cl3N2O3/c17-9-7-11(19)12(8-10(9)18)20-15(22)5-6-21-13-3-1-2-4-14(13)24-16(21)23/h1-4,7-8H,5-6H2,(H,20,22). The highest BCUT2D eigenvalue weighted by atomic mass is 35.5. The van der Waals surface area contributed by atoms with E-state index in [9.17, 15) is 9.59 Å². The molecule has 0 aliphatic rings. The van der Waals surface area contributed by atoms with Gasteiger partial charge in [0.2, 0.25) is 5.91 Å². The van der Waals surface area contributed by atoms with Gasteiger partial charge in [0.15, 0.2) is 5.58 Å². The molecule has 24 heavy (non-hydrogen) atoms. The molecular weight excluding hydrogens is 375 g/mol. The minimum Gasteiger partial charge on any atom is -0.408 e. The van der Waals surface area contributed by atoms with Gasteiger partial charge >= 0.3 is 5.76 Å². The van der Waals surface area contributed by atoms with Crippen LogP contribution in [0.2, 0.25) is 15.1 Å². The second kappa shape index (κ2) is 6.89. The Bertz CT molecular complexity index is 978. The molecule has 0 aliphatic carbocycles. The van der Waals surface area contributed by atoms with Crippen molar-refractivity contribution in [1.82, 2.24) is 4.57 Å². The number of nitrogens with one attached hydrogen (secondary N) is 1. The molecule has 0 saturated heterocycles. The lowest BCUT2D eigenvalue weighted by atomic mass is 10.3. The summed E-state index contributed by atoms with van der Waals surface area (Å²) in [6.45, 7) is 0.181. The highest BCUT2D eigenvalue weighted by Crippen LogP contribution is 2.32. The van der Waals surface area contributed by atoms with Gasteiger partial charge in [-0.15, -0.1) is 0 Å². The first-order valence-electron chi connectivity index (χ1n) is 6.98. The summed E-state index contributed by atoms with van der Waals surface area (Å²) in [4.78, 5) is 24.0. The maximum absolute atomic E-state index is 12.1. The van der Waals surface area contributed by atoms with Crippen LogP contribution in [-0.4, -0.2) is 10.5 Å². The molecule has 0 bridgehead atoms. The zero-order valence-corrected chi connectivity index (χ0v) is 14.5. The zero-order chi connectivity index (χ0) is 17.3. The van der Waals surface area contributed by atoms with Crippen LogP contribution in [0, 0.1) is 0 Å². The molecule has 2 aromatic carbocycles.